The van der Waals surface area contributed by atoms with Gasteiger partial charge in [-0.1, -0.05) is 53.5 Å². The van der Waals surface area contributed by atoms with Crippen molar-refractivity contribution in [2.24, 2.45) is 0 Å². The zero-order chi connectivity index (χ0) is 24.2. The number of carbonyl (C=O) groups is 1. The lowest BCUT2D eigenvalue weighted by molar-refractivity contribution is -0.119. The molecule has 0 saturated carbocycles. The van der Waals surface area contributed by atoms with Crippen molar-refractivity contribution in [1.82, 2.24) is 14.9 Å². The maximum atomic E-state index is 11.8. The Labute approximate surface area is 215 Å². The summed E-state index contributed by atoms with van der Waals surface area (Å²) in [6.45, 7) is 5.87. The number of carbonyl (C=O) groups excluding carboxylic acids is 1. The Morgan fingerprint density at radius 3 is 2.26 bits per heavy atom. The van der Waals surface area contributed by atoms with Gasteiger partial charge in [0, 0.05) is 70.4 Å². The molecule has 35 heavy (non-hydrogen) atoms. The summed E-state index contributed by atoms with van der Waals surface area (Å²) in [5.41, 5.74) is 2.13. The summed E-state index contributed by atoms with van der Waals surface area (Å²) in [5.74, 6) is 2.52. The zero-order valence-electron chi connectivity index (χ0n) is 19.5. The molecule has 0 aliphatic carbocycles. The monoisotopic (exact) mass is 510 g/mol. The van der Waals surface area contributed by atoms with E-state index in [0.717, 1.165) is 44.2 Å². The number of rotatable bonds is 6. The molecular weight excluding hydrogens is 483 g/mol. The fourth-order valence-corrected chi connectivity index (χ4v) is 4.74. The molecule has 3 aromatic rings. The van der Waals surface area contributed by atoms with Gasteiger partial charge in [-0.05, 0) is 23.8 Å². The van der Waals surface area contributed by atoms with E-state index in [2.05, 4.69) is 44.3 Å². The molecule has 9 heteroatoms. The lowest BCUT2D eigenvalue weighted by Gasteiger charge is -2.35. The van der Waals surface area contributed by atoms with E-state index in [9.17, 15) is 4.79 Å². The maximum absolute atomic E-state index is 11.8. The molecule has 182 valence electrons. The number of ketones is 1. The van der Waals surface area contributed by atoms with Gasteiger partial charge in [-0.2, -0.15) is 9.97 Å². The third-order valence-corrected chi connectivity index (χ3v) is 7.18. The molecule has 2 aliphatic heterocycles. The number of anilines is 4. The van der Waals surface area contributed by atoms with Gasteiger partial charge in [0.15, 0.2) is 0 Å². The quantitative estimate of drug-likeness (QED) is 0.499. The Balaban J connectivity index is 1.35. The molecule has 7 nitrogen and oxygen atoms in total. The molecule has 1 aromatic heterocycles. The SMILES string of the molecule is O=C1CCN(c2cc(Nc3ccc(Cl)c(Cl)c3)nc(N3CCN(Cc4ccccc4)CC3)n2)CC1. The first kappa shape index (κ1) is 23.9. The van der Waals surface area contributed by atoms with E-state index in [4.69, 9.17) is 33.2 Å². The maximum Gasteiger partial charge on any atom is 0.229 e. The highest BCUT2D eigenvalue weighted by Crippen LogP contribution is 2.29. The van der Waals surface area contributed by atoms with Gasteiger partial charge in [-0.25, -0.2) is 0 Å². The van der Waals surface area contributed by atoms with E-state index in [1.165, 1.54) is 5.56 Å². The number of piperidine rings is 1. The van der Waals surface area contributed by atoms with Crippen LogP contribution in [0.3, 0.4) is 0 Å². The third-order valence-electron chi connectivity index (χ3n) is 6.44. The second-order valence-electron chi connectivity index (χ2n) is 8.94. The third kappa shape index (κ3) is 6.04. The highest BCUT2D eigenvalue weighted by molar-refractivity contribution is 6.42. The van der Waals surface area contributed by atoms with Gasteiger partial charge >= 0.3 is 0 Å². The lowest BCUT2D eigenvalue weighted by atomic mass is 10.1. The Morgan fingerprint density at radius 2 is 1.54 bits per heavy atom. The second-order valence-corrected chi connectivity index (χ2v) is 9.75. The summed E-state index contributed by atoms with van der Waals surface area (Å²) in [6.07, 6.45) is 1.10. The van der Waals surface area contributed by atoms with Crippen LogP contribution in [0.2, 0.25) is 10.0 Å². The highest BCUT2D eigenvalue weighted by Gasteiger charge is 2.23. The molecular formula is C26H28Cl2N6O. The average molecular weight is 511 g/mol. The summed E-state index contributed by atoms with van der Waals surface area (Å²) in [5, 5.41) is 4.35. The highest BCUT2D eigenvalue weighted by atomic mass is 35.5. The summed E-state index contributed by atoms with van der Waals surface area (Å²) in [7, 11) is 0. The molecule has 0 spiro atoms. The van der Waals surface area contributed by atoms with Crippen molar-refractivity contribution in [3.63, 3.8) is 0 Å². The molecule has 1 N–H and O–H groups in total. The second kappa shape index (κ2) is 10.8. The predicted octanol–water partition coefficient (Wildman–Crippen LogP) is 5.02. The van der Waals surface area contributed by atoms with Crippen LogP contribution in [-0.4, -0.2) is 59.9 Å². The van der Waals surface area contributed by atoms with Gasteiger partial charge in [-0.15, -0.1) is 0 Å². The number of nitrogens with zero attached hydrogens (tertiary/aromatic N) is 5. The summed E-state index contributed by atoms with van der Waals surface area (Å²) in [6, 6.07) is 17.9. The van der Waals surface area contributed by atoms with E-state index >= 15 is 0 Å². The molecule has 2 aliphatic rings. The number of nitrogens with one attached hydrogen (secondary N) is 1. The van der Waals surface area contributed by atoms with E-state index in [-0.39, 0.29) is 0 Å². The fourth-order valence-electron chi connectivity index (χ4n) is 4.44. The molecule has 0 amide bonds. The molecule has 0 bridgehead atoms. The van der Waals surface area contributed by atoms with Gasteiger partial charge in [-0.3, -0.25) is 9.69 Å². The Morgan fingerprint density at radius 1 is 0.800 bits per heavy atom. The number of Topliss-reactive ketones (excluding diaryl/α,β-unsaturated/α-hetero) is 1. The minimum atomic E-state index is 0.305. The summed E-state index contributed by atoms with van der Waals surface area (Å²) >= 11 is 12.3. The van der Waals surface area contributed by atoms with Crippen LogP contribution < -0.4 is 15.1 Å². The van der Waals surface area contributed by atoms with Crippen LogP contribution in [0.1, 0.15) is 18.4 Å². The van der Waals surface area contributed by atoms with Crippen LogP contribution in [-0.2, 0) is 11.3 Å². The van der Waals surface area contributed by atoms with Crippen molar-refractivity contribution in [2.45, 2.75) is 19.4 Å². The van der Waals surface area contributed by atoms with Gasteiger partial charge in [0.25, 0.3) is 0 Å². The van der Waals surface area contributed by atoms with Crippen LogP contribution in [0, 0.1) is 0 Å². The predicted molar refractivity (Wildman–Crippen MR) is 142 cm³/mol. The summed E-state index contributed by atoms with van der Waals surface area (Å²) in [4.78, 5) is 28.4. The van der Waals surface area contributed by atoms with Gasteiger partial charge in [0.05, 0.1) is 10.0 Å². The molecule has 3 heterocycles. The molecule has 2 saturated heterocycles. The van der Waals surface area contributed by atoms with Crippen molar-refractivity contribution in [3.8, 4) is 0 Å². The van der Waals surface area contributed by atoms with E-state index < -0.39 is 0 Å². The average Bonchev–Trinajstić information content (AvgIpc) is 2.88. The lowest BCUT2D eigenvalue weighted by Crippen LogP contribution is -2.46. The van der Waals surface area contributed by atoms with Crippen LogP contribution >= 0.6 is 23.2 Å². The number of benzene rings is 2. The van der Waals surface area contributed by atoms with Crippen LogP contribution in [0.25, 0.3) is 0 Å². The largest absolute Gasteiger partial charge is 0.356 e. The van der Waals surface area contributed by atoms with E-state index in [1.807, 2.05) is 18.2 Å². The first-order valence-corrected chi connectivity index (χ1v) is 12.7. The molecule has 0 unspecified atom stereocenters. The van der Waals surface area contributed by atoms with Crippen molar-refractivity contribution in [1.29, 1.82) is 0 Å². The normalized spacial score (nSPS) is 17.0. The molecule has 5 rings (SSSR count). The topological polar surface area (TPSA) is 64.6 Å². The minimum absolute atomic E-state index is 0.305. The van der Waals surface area contributed by atoms with Crippen LogP contribution in [0.15, 0.2) is 54.6 Å². The van der Waals surface area contributed by atoms with Gasteiger partial charge < -0.3 is 15.1 Å². The number of hydrogen-bond donors (Lipinski definition) is 1. The summed E-state index contributed by atoms with van der Waals surface area (Å²) < 4.78 is 0. The number of piperazine rings is 1. The van der Waals surface area contributed by atoms with E-state index in [1.54, 1.807) is 12.1 Å². The number of aromatic nitrogens is 2. The first-order chi connectivity index (χ1) is 17.0. The fraction of sp³-hybridized carbons (Fsp3) is 0.346. The van der Waals surface area contributed by atoms with Crippen molar-refractivity contribution in [3.05, 3.63) is 70.2 Å². The van der Waals surface area contributed by atoms with Gasteiger partial charge in [0.2, 0.25) is 5.95 Å². The minimum Gasteiger partial charge on any atom is -0.356 e. The number of halogens is 2. The van der Waals surface area contributed by atoms with Crippen molar-refractivity contribution >= 4 is 52.3 Å². The molecule has 2 fully saturated rings. The van der Waals surface area contributed by atoms with Crippen molar-refractivity contribution in [2.75, 3.05) is 54.4 Å². The Bertz CT molecular complexity index is 1170. The Kier molecular flexibility index (Phi) is 7.37. The number of hydrogen-bond acceptors (Lipinski definition) is 7. The van der Waals surface area contributed by atoms with Gasteiger partial charge in [0.1, 0.15) is 17.4 Å². The van der Waals surface area contributed by atoms with E-state index in [0.29, 0.717) is 53.5 Å². The molecule has 2 aromatic carbocycles. The standard InChI is InChI=1S/C26H28Cl2N6O/c27-22-7-6-20(16-23(22)28)29-24-17-25(33-10-8-21(35)9-11-33)31-26(30-24)34-14-12-32(13-15-34)18-19-4-2-1-3-5-19/h1-7,16-17H,8-15,18H2,(H,29,30,31). The zero-order valence-corrected chi connectivity index (χ0v) is 21.0. The Hall–Kier alpha value is -2.87. The van der Waals surface area contributed by atoms with Crippen LogP contribution in [0.5, 0.6) is 0 Å². The smallest absolute Gasteiger partial charge is 0.229 e. The first-order valence-electron chi connectivity index (χ1n) is 11.9. The molecule has 0 radical (unpaired) electrons. The molecule has 0 atom stereocenters. The van der Waals surface area contributed by atoms with Crippen LogP contribution in [0.4, 0.5) is 23.3 Å². The van der Waals surface area contributed by atoms with Crippen molar-refractivity contribution < 1.29 is 4.79 Å².